The highest BCUT2D eigenvalue weighted by Crippen LogP contribution is 2.33. The second-order valence-electron chi connectivity index (χ2n) is 5.71. The summed E-state index contributed by atoms with van der Waals surface area (Å²) < 4.78 is 48.5. The molecular weight excluding hydrogens is 357 g/mol. The molecule has 0 bridgehead atoms. The number of alkyl halides is 3. The van der Waals surface area contributed by atoms with Crippen molar-refractivity contribution in [2.45, 2.75) is 11.1 Å². The summed E-state index contributed by atoms with van der Waals surface area (Å²) in [6.45, 7) is 0. The van der Waals surface area contributed by atoms with E-state index in [1.165, 1.54) is 6.07 Å². The van der Waals surface area contributed by atoms with Gasteiger partial charge in [-0.1, -0.05) is 42.5 Å². The number of hydrogen-bond acceptors (Lipinski definition) is 2. The van der Waals surface area contributed by atoms with Crippen LogP contribution in [0.25, 0.3) is 0 Å². The zero-order valence-electron chi connectivity index (χ0n) is 14.0. The predicted molar refractivity (Wildman–Crippen MR) is 100 cm³/mol. The Labute approximate surface area is 151 Å². The molecule has 1 unspecified atom stereocenters. The first-order chi connectivity index (χ1) is 12.4. The van der Waals surface area contributed by atoms with Crippen LogP contribution in [0, 0.1) is 0 Å². The van der Waals surface area contributed by atoms with Crippen LogP contribution in [0.4, 0.5) is 24.5 Å². The number of halogens is 3. The summed E-state index contributed by atoms with van der Waals surface area (Å²) in [6.07, 6.45) is -2.53. The van der Waals surface area contributed by atoms with Crippen molar-refractivity contribution in [3.8, 4) is 0 Å². The van der Waals surface area contributed by atoms with E-state index in [1.807, 2.05) is 66.9 Å². The van der Waals surface area contributed by atoms with Gasteiger partial charge in [-0.15, -0.1) is 0 Å². The lowest BCUT2D eigenvalue weighted by atomic mass is 10.2. The summed E-state index contributed by atoms with van der Waals surface area (Å²) >= 11 is 0. The Bertz CT molecular complexity index is 1000. The van der Waals surface area contributed by atoms with E-state index in [1.54, 1.807) is 6.07 Å². The van der Waals surface area contributed by atoms with Gasteiger partial charge in [-0.25, -0.2) is 8.73 Å². The Balaban J connectivity index is 2.23. The van der Waals surface area contributed by atoms with Crippen molar-refractivity contribution in [2.24, 2.45) is 8.73 Å². The van der Waals surface area contributed by atoms with Crippen molar-refractivity contribution in [3.63, 3.8) is 0 Å². The SMILES string of the molecule is CS(=Nc1ccccc1)(=Nc1cccc(C(F)(F)F)c1)c1ccccc1. The van der Waals surface area contributed by atoms with Gasteiger partial charge >= 0.3 is 6.18 Å². The van der Waals surface area contributed by atoms with E-state index in [4.69, 9.17) is 4.36 Å². The van der Waals surface area contributed by atoms with Crippen molar-refractivity contribution < 1.29 is 13.2 Å². The minimum absolute atomic E-state index is 0.265. The molecule has 0 aromatic heterocycles. The number of nitrogens with zero attached hydrogens (tertiary/aromatic N) is 2. The molecule has 0 aliphatic heterocycles. The van der Waals surface area contributed by atoms with Crippen LogP contribution >= 0.6 is 0 Å². The summed E-state index contributed by atoms with van der Waals surface area (Å²) in [5.41, 5.74) is 0.290. The smallest absolute Gasteiger partial charge is 0.213 e. The van der Waals surface area contributed by atoms with Crippen LogP contribution in [-0.2, 0) is 15.8 Å². The van der Waals surface area contributed by atoms with Crippen molar-refractivity contribution in [1.29, 1.82) is 0 Å². The number of benzene rings is 3. The molecule has 0 aliphatic rings. The molecule has 134 valence electrons. The minimum atomic E-state index is -4.40. The first-order valence-corrected chi connectivity index (χ1v) is 9.84. The molecule has 0 amide bonds. The van der Waals surface area contributed by atoms with Crippen molar-refractivity contribution in [1.82, 2.24) is 0 Å². The molecule has 26 heavy (non-hydrogen) atoms. The highest BCUT2D eigenvalue weighted by atomic mass is 32.2. The Morgan fingerprint density at radius 1 is 0.692 bits per heavy atom. The molecule has 0 spiro atoms. The third kappa shape index (κ3) is 4.32. The Morgan fingerprint density at radius 3 is 1.85 bits per heavy atom. The van der Waals surface area contributed by atoms with Gasteiger partial charge in [0.2, 0.25) is 0 Å². The van der Waals surface area contributed by atoms with Crippen LogP contribution < -0.4 is 0 Å². The zero-order chi connectivity index (χ0) is 18.6. The van der Waals surface area contributed by atoms with Crippen LogP contribution in [0.2, 0.25) is 0 Å². The van der Waals surface area contributed by atoms with Crippen LogP contribution in [0.15, 0.2) is 98.6 Å². The van der Waals surface area contributed by atoms with E-state index in [2.05, 4.69) is 4.36 Å². The Hall–Kier alpha value is -2.60. The summed E-state index contributed by atoms with van der Waals surface area (Å²) in [4.78, 5) is 0.876. The minimum Gasteiger partial charge on any atom is -0.213 e. The molecule has 0 N–H and O–H groups in total. The van der Waals surface area contributed by atoms with E-state index >= 15 is 0 Å². The Morgan fingerprint density at radius 2 is 1.23 bits per heavy atom. The molecule has 0 fully saturated rings. The third-order valence-corrected chi connectivity index (χ3v) is 5.98. The predicted octanol–water partition coefficient (Wildman–Crippen LogP) is 6.88. The average Bonchev–Trinajstić information content (AvgIpc) is 2.63. The standard InChI is InChI=1S/C20H17F3N2S/c1-26(19-13-6-3-7-14-19,24-17-10-4-2-5-11-17)25-18-12-8-9-16(15-18)20(21,22)23/h2-15H,1H3. The lowest BCUT2D eigenvalue weighted by molar-refractivity contribution is -0.137. The van der Waals surface area contributed by atoms with E-state index in [9.17, 15) is 13.2 Å². The van der Waals surface area contributed by atoms with Gasteiger partial charge in [-0.2, -0.15) is 13.2 Å². The topological polar surface area (TPSA) is 24.7 Å². The summed E-state index contributed by atoms with van der Waals surface area (Å²) in [5.74, 6) is 0. The van der Waals surface area contributed by atoms with Crippen molar-refractivity contribution in [2.75, 3.05) is 6.26 Å². The van der Waals surface area contributed by atoms with Gasteiger partial charge in [0.25, 0.3) is 0 Å². The second kappa shape index (κ2) is 7.33. The van der Waals surface area contributed by atoms with E-state index in [0.29, 0.717) is 0 Å². The van der Waals surface area contributed by atoms with Crippen molar-refractivity contribution in [3.05, 3.63) is 90.5 Å². The lowest BCUT2D eigenvalue weighted by Crippen LogP contribution is -2.04. The molecule has 0 radical (unpaired) electrons. The number of hydrogen-bond donors (Lipinski definition) is 0. The molecular formula is C20H17F3N2S. The lowest BCUT2D eigenvalue weighted by Gasteiger charge is -2.13. The molecule has 6 heteroatoms. The molecule has 3 aromatic rings. The van der Waals surface area contributed by atoms with Gasteiger partial charge < -0.3 is 0 Å². The first kappa shape index (κ1) is 18.2. The fraction of sp³-hybridized carbons (Fsp3) is 0.100. The van der Waals surface area contributed by atoms with Gasteiger partial charge in [0.15, 0.2) is 0 Å². The second-order valence-corrected chi connectivity index (χ2v) is 8.22. The molecule has 0 aliphatic carbocycles. The maximum absolute atomic E-state index is 13.0. The molecule has 1 atom stereocenters. The molecule has 0 heterocycles. The molecule has 3 rings (SSSR count). The molecule has 2 nitrogen and oxygen atoms in total. The highest BCUT2D eigenvalue weighted by Gasteiger charge is 2.30. The molecule has 3 aromatic carbocycles. The first-order valence-electron chi connectivity index (χ1n) is 7.88. The number of rotatable bonds is 3. The zero-order valence-corrected chi connectivity index (χ0v) is 14.8. The van der Waals surface area contributed by atoms with Crippen LogP contribution in [-0.4, -0.2) is 6.26 Å². The maximum Gasteiger partial charge on any atom is 0.416 e. The Kier molecular flexibility index (Phi) is 5.13. The summed E-state index contributed by atoms with van der Waals surface area (Å²) in [5, 5.41) is 0. The van der Waals surface area contributed by atoms with E-state index < -0.39 is 21.4 Å². The van der Waals surface area contributed by atoms with Crippen LogP contribution in [0.5, 0.6) is 0 Å². The van der Waals surface area contributed by atoms with Crippen LogP contribution in [0.1, 0.15) is 5.56 Å². The molecule has 0 saturated carbocycles. The monoisotopic (exact) mass is 374 g/mol. The molecule has 0 saturated heterocycles. The van der Waals surface area contributed by atoms with Gasteiger partial charge in [-0.05, 0) is 52.1 Å². The fourth-order valence-corrected chi connectivity index (χ4v) is 4.42. The fourth-order valence-electron chi connectivity index (χ4n) is 2.44. The van der Waals surface area contributed by atoms with E-state index in [0.717, 1.165) is 22.7 Å². The summed E-state index contributed by atoms with van der Waals surface area (Å²) in [7, 11) is -2.10. The average molecular weight is 374 g/mol. The normalized spacial score (nSPS) is 13.7. The van der Waals surface area contributed by atoms with E-state index in [-0.39, 0.29) is 5.69 Å². The van der Waals surface area contributed by atoms with Gasteiger partial charge in [0.1, 0.15) is 0 Å². The maximum atomic E-state index is 13.0. The third-order valence-electron chi connectivity index (χ3n) is 3.69. The highest BCUT2D eigenvalue weighted by molar-refractivity contribution is 7.95. The summed E-state index contributed by atoms with van der Waals surface area (Å²) in [6, 6.07) is 23.8. The van der Waals surface area contributed by atoms with Gasteiger partial charge in [0, 0.05) is 11.2 Å². The van der Waals surface area contributed by atoms with Gasteiger partial charge in [0.05, 0.1) is 16.9 Å². The van der Waals surface area contributed by atoms with Gasteiger partial charge in [-0.3, -0.25) is 0 Å². The van der Waals surface area contributed by atoms with Crippen molar-refractivity contribution >= 4 is 21.0 Å². The quantitative estimate of drug-likeness (QED) is 0.477. The van der Waals surface area contributed by atoms with Crippen LogP contribution in [0.3, 0.4) is 0 Å². The largest absolute Gasteiger partial charge is 0.416 e.